The largest absolute Gasteiger partial charge is 0.478 e. The van der Waals surface area contributed by atoms with E-state index in [2.05, 4.69) is 15.3 Å². The van der Waals surface area contributed by atoms with Gasteiger partial charge in [-0.25, -0.2) is 14.8 Å². The molecule has 0 amide bonds. The number of benzene rings is 2. The quantitative estimate of drug-likeness (QED) is 0.478. The zero-order valence-electron chi connectivity index (χ0n) is 14.0. The average Bonchev–Trinajstić information content (AvgIpc) is 3.07. The molecule has 0 saturated heterocycles. The van der Waals surface area contributed by atoms with Crippen molar-refractivity contribution in [2.24, 2.45) is 0 Å². The molecule has 0 saturated carbocycles. The van der Waals surface area contributed by atoms with Crippen LogP contribution in [0.3, 0.4) is 0 Å². The van der Waals surface area contributed by atoms with E-state index in [-0.39, 0.29) is 5.56 Å². The van der Waals surface area contributed by atoms with Gasteiger partial charge in [-0.05, 0) is 23.8 Å². The molecule has 0 aliphatic heterocycles. The van der Waals surface area contributed by atoms with Gasteiger partial charge in [0.05, 0.1) is 15.3 Å². The van der Waals surface area contributed by atoms with Gasteiger partial charge in [-0.2, -0.15) is 0 Å². The number of hydrogen-bond donors (Lipinski definition) is 2. The van der Waals surface area contributed by atoms with Crippen LogP contribution in [0.2, 0.25) is 4.34 Å². The van der Waals surface area contributed by atoms with E-state index in [0.29, 0.717) is 22.5 Å². The van der Waals surface area contributed by atoms with Crippen LogP contribution in [0.4, 0.5) is 5.82 Å². The number of halogens is 1. The minimum Gasteiger partial charge on any atom is -0.478 e. The van der Waals surface area contributed by atoms with Gasteiger partial charge in [0.15, 0.2) is 5.82 Å². The highest BCUT2D eigenvalue weighted by Crippen LogP contribution is 2.34. The molecule has 0 aliphatic carbocycles. The van der Waals surface area contributed by atoms with Gasteiger partial charge < -0.3 is 10.4 Å². The molecule has 0 atom stereocenters. The molecular formula is C20H14ClN3O2S. The molecule has 0 unspecified atom stereocenters. The Balaban J connectivity index is 1.72. The van der Waals surface area contributed by atoms with Gasteiger partial charge in [-0.1, -0.05) is 54.1 Å². The molecule has 134 valence electrons. The summed E-state index contributed by atoms with van der Waals surface area (Å²) < 4.78 is 0.639. The lowest BCUT2D eigenvalue weighted by molar-refractivity contribution is 0.0697. The molecule has 27 heavy (non-hydrogen) atoms. The van der Waals surface area contributed by atoms with Gasteiger partial charge in [0.1, 0.15) is 10.6 Å². The fraction of sp³-hybridized carbons (Fsp3) is 0.0500. The third-order valence-electron chi connectivity index (χ3n) is 4.06. The Kier molecular flexibility index (Phi) is 4.75. The van der Waals surface area contributed by atoms with E-state index in [4.69, 9.17) is 16.7 Å². The van der Waals surface area contributed by atoms with Gasteiger partial charge in [-0.15, -0.1) is 11.3 Å². The minimum absolute atomic E-state index is 0.224. The molecule has 5 nitrogen and oxygen atoms in total. The van der Waals surface area contributed by atoms with Crippen LogP contribution in [-0.2, 0) is 6.54 Å². The average molecular weight is 396 g/mol. The number of thiophene rings is 1. The standard InChI is InChI=1S/C20H14ClN3O2S/c21-16-10-15-18(22-11-12-4-2-1-3-5-12)23-17(24-19(15)27-16)13-6-8-14(9-7-13)20(25)26/h1-10H,11H2,(H,25,26)(H,22,23,24). The summed E-state index contributed by atoms with van der Waals surface area (Å²) in [4.78, 5) is 21.1. The molecule has 7 heteroatoms. The molecule has 2 aromatic heterocycles. The number of anilines is 1. The van der Waals surface area contributed by atoms with E-state index >= 15 is 0 Å². The summed E-state index contributed by atoms with van der Waals surface area (Å²) in [5, 5.41) is 13.3. The Labute approximate surface area is 164 Å². The van der Waals surface area contributed by atoms with Crippen LogP contribution in [0.15, 0.2) is 60.7 Å². The third kappa shape index (κ3) is 3.77. The van der Waals surface area contributed by atoms with Crippen molar-refractivity contribution in [2.45, 2.75) is 6.54 Å². The minimum atomic E-state index is -0.965. The number of carboxylic acids is 1. The molecule has 2 aromatic carbocycles. The van der Waals surface area contributed by atoms with Crippen molar-refractivity contribution in [2.75, 3.05) is 5.32 Å². The molecule has 0 bridgehead atoms. The normalized spacial score (nSPS) is 10.9. The molecule has 4 aromatic rings. The summed E-state index contributed by atoms with van der Waals surface area (Å²) in [7, 11) is 0. The Morgan fingerprint density at radius 2 is 1.81 bits per heavy atom. The maximum absolute atomic E-state index is 11.0. The second-order valence-corrected chi connectivity index (χ2v) is 7.55. The maximum atomic E-state index is 11.0. The van der Waals surface area contributed by atoms with Crippen LogP contribution in [0.25, 0.3) is 21.6 Å². The molecule has 0 radical (unpaired) electrons. The molecule has 0 fully saturated rings. The summed E-state index contributed by atoms with van der Waals surface area (Å²) in [6, 6.07) is 18.4. The summed E-state index contributed by atoms with van der Waals surface area (Å²) in [5.41, 5.74) is 2.11. The van der Waals surface area contributed by atoms with Crippen molar-refractivity contribution in [1.82, 2.24) is 9.97 Å². The predicted molar refractivity (Wildman–Crippen MR) is 109 cm³/mol. The smallest absolute Gasteiger partial charge is 0.335 e. The third-order valence-corrected chi connectivity index (χ3v) is 5.21. The van der Waals surface area contributed by atoms with Crippen LogP contribution in [0.1, 0.15) is 15.9 Å². The lowest BCUT2D eigenvalue weighted by atomic mass is 10.1. The summed E-state index contributed by atoms with van der Waals surface area (Å²) in [6.07, 6.45) is 0. The van der Waals surface area contributed by atoms with Crippen molar-refractivity contribution in [3.05, 3.63) is 76.1 Å². The highest BCUT2D eigenvalue weighted by atomic mass is 35.5. The highest BCUT2D eigenvalue weighted by molar-refractivity contribution is 7.22. The fourth-order valence-corrected chi connectivity index (χ4v) is 3.79. The number of hydrogen-bond acceptors (Lipinski definition) is 5. The van der Waals surface area contributed by atoms with Crippen molar-refractivity contribution in [1.29, 1.82) is 0 Å². The number of aromatic nitrogens is 2. The number of carboxylic acid groups (broad SMARTS) is 1. The highest BCUT2D eigenvalue weighted by Gasteiger charge is 2.13. The monoisotopic (exact) mass is 395 g/mol. The number of nitrogens with one attached hydrogen (secondary N) is 1. The lowest BCUT2D eigenvalue weighted by Gasteiger charge is -2.09. The van der Waals surface area contributed by atoms with E-state index in [0.717, 1.165) is 21.3 Å². The molecule has 2 heterocycles. The topological polar surface area (TPSA) is 75.1 Å². The van der Waals surface area contributed by atoms with Gasteiger partial charge in [-0.3, -0.25) is 0 Å². The first-order valence-electron chi connectivity index (χ1n) is 8.19. The lowest BCUT2D eigenvalue weighted by Crippen LogP contribution is -2.03. The van der Waals surface area contributed by atoms with Crippen molar-refractivity contribution >= 4 is 44.9 Å². The van der Waals surface area contributed by atoms with Gasteiger partial charge in [0, 0.05) is 12.1 Å². The number of aromatic carboxylic acids is 1. The second-order valence-electron chi connectivity index (χ2n) is 5.89. The number of nitrogens with zero attached hydrogens (tertiary/aromatic N) is 2. The predicted octanol–water partition coefficient (Wildman–Crippen LogP) is 5.32. The Hall–Kier alpha value is -2.96. The Bertz CT molecular complexity index is 1110. The van der Waals surface area contributed by atoms with Crippen LogP contribution in [0, 0.1) is 0 Å². The first-order chi connectivity index (χ1) is 13.1. The van der Waals surface area contributed by atoms with Crippen LogP contribution >= 0.6 is 22.9 Å². The molecule has 0 aliphatic rings. The summed E-state index contributed by atoms with van der Waals surface area (Å²) >= 11 is 7.57. The summed E-state index contributed by atoms with van der Waals surface area (Å²) in [5.74, 6) is 0.256. The number of rotatable bonds is 5. The number of fused-ring (bicyclic) bond motifs is 1. The van der Waals surface area contributed by atoms with Crippen LogP contribution < -0.4 is 5.32 Å². The summed E-state index contributed by atoms with van der Waals surface area (Å²) in [6.45, 7) is 0.623. The van der Waals surface area contributed by atoms with E-state index in [1.807, 2.05) is 36.4 Å². The van der Waals surface area contributed by atoms with Crippen molar-refractivity contribution in [3.63, 3.8) is 0 Å². The second kappa shape index (κ2) is 7.34. The first kappa shape index (κ1) is 17.5. The molecule has 2 N–H and O–H groups in total. The number of carbonyl (C=O) groups is 1. The van der Waals surface area contributed by atoms with Gasteiger partial charge in [0.2, 0.25) is 0 Å². The zero-order valence-corrected chi connectivity index (χ0v) is 15.6. The van der Waals surface area contributed by atoms with E-state index in [1.54, 1.807) is 24.3 Å². The van der Waals surface area contributed by atoms with E-state index in [1.165, 1.54) is 11.3 Å². The van der Waals surface area contributed by atoms with Gasteiger partial charge >= 0.3 is 5.97 Å². The molecule has 4 rings (SSSR count). The Morgan fingerprint density at radius 3 is 2.52 bits per heavy atom. The maximum Gasteiger partial charge on any atom is 0.335 e. The van der Waals surface area contributed by atoms with Crippen molar-refractivity contribution < 1.29 is 9.90 Å². The first-order valence-corrected chi connectivity index (χ1v) is 9.38. The van der Waals surface area contributed by atoms with Crippen LogP contribution in [-0.4, -0.2) is 21.0 Å². The molecule has 0 spiro atoms. The van der Waals surface area contributed by atoms with Crippen LogP contribution in [0.5, 0.6) is 0 Å². The Morgan fingerprint density at radius 1 is 1.07 bits per heavy atom. The van der Waals surface area contributed by atoms with E-state index < -0.39 is 5.97 Å². The zero-order chi connectivity index (χ0) is 18.8. The fourth-order valence-electron chi connectivity index (χ4n) is 2.70. The molecular weight excluding hydrogens is 382 g/mol. The SMILES string of the molecule is O=C(O)c1ccc(-c2nc(NCc3ccccc3)c3cc(Cl)sc3n2)cc1. The van der Waals surface area contributed by atoms with Gasteiger partial charge in [0.25, 0.3) is 0 Å². The van der Waals surface area contributed by atoms with Crippen molar-refractivity contribution in [3.8, 4) is 11.4 Å². The van der Waals surface area contributed by atoms with E-state index in [9.17, 15) is 4.79 Å².